The Bertz CT molecular complexity index is 377. The third kappa shape index (κ3) is 3.67. The molecule has 0 aromatic heterocycles. The van der Waals surface area contributed by atoms with Gasteiger partial charge in [-0.15, -0.1) is 6.58 Å². The Labute approximate surface area is 111 Å². The number of benzene rings is 1. The highest BCUT2D eigenvalue weighted by Gasteiger charge is 2.10. The molecular weight excluding hydrogens is 264 g/mol. The smallest absolute Gasteiger partial charge is 0.0652 e. The number of halogens is 3. The Morgan fingerprint density at radius 1 is 1.31 bits per heavy atom. The van der Waals surface area contributed by atoms with Crippen molar-refractivity contribution in [3.05, 3.63) is 45.4 Å². The minimum Gasteiger partial charge on any atom is -0.310 e. The molecule has 1 N–H and O–H groups in total. The van der Waals surface area contributed by atoms with Crippen LogP contribution in [-0.4, -0.2) is 6.04 Å². The predicted octanol–water partition coefficient (Wildman–Crippen LogP) is 4.70. The van der Waals surface area contributed by atoms with Crippen LogP contribution in [0.3, 0.4) is 0 Å². The standard InChI is InChI=1S/C12H14Cl3N/c1-3-4-8(2)16-7-9-10(13)5-6-11(14)12(9)15/h3,5-6,8,16H,1,4,7H2,2H3. The van der Waals surface area contributed by atoms with Gasteiger partial charge in [-0.3, -0.25) is 0 Å². The van der Waals surface area contributed by atoms with Crippen LogP contribution in [0.15, 0.2) is 24.8 Å². The van der Waals surface area contributed by atoms with Crippen LogP contribution in [0.2, 0.25) is 15.1 Å². The Hall–Kier alpha value is -0.210. The summed E-state index contributed by atoms with van der Waals surface area (Å²) in [6.07, 6.45) is 2.77. The van der Waals surface area contributed by atoms with E-state index in [1.165, 1.54) is 0 Å². The van der Waals surface area contributed by atoms with Crippen LogP contribution in [0.1, 0.15) is 18.9 Å². The van der Waals surface area contributed by atoms with Gasteiger partial charge in [-0.25, -0.2) is 0 Å². The van der Waals surface area contributed by atoms with Gasteiger partial charge in [0.25, 0.3) is 0 Å². The summed E-state index contributed by atoms with van der Waals surface area (Å²) < 4.78 is 0. The summed E-state index contributed by atoms with van der Waals surface area (Å²) in [6, 6.07) is 3.79. The fourth-order valence-electron chi connectivity index (χ4n) is 1.34. The topological polar surface area (TPSA) is 12.0 Å². The summed E-state index contributed by atoms with van der Waals surface area (Å²) in [6.45, 7) is 6.37. The third-order valence-electron chi connectivity index (χ3n) is 2.29. The predicted molar refractivity (Wildman–Crippen MR) is 72.6 cm³/mol. The summed E-state index contributed by atoms with van der Waals surface area (Å²) in [5.74, 6) is 0. The van der Waals surface area contributed by atoms with E-state index in [1.54, 1.807) is 12.1 Å². The first-order chi connectivity index (χ1) is 7.56. The summed E-state index contributed by atoms with van der Waals surface area (Å²) in [5, 5.41) is 4.99. The van der Waals surface area contributed by atoms with E-state index in [9.17, 15) is 0 Å². The Kier molecular flexibility index (Phi) is 5.63. The lowest BCUT2D eigenvalue weighted by Gasteiger charge is -2.14. The van der Waals surface area contributed by atoms with Gasteiger partial charge in [0.15, 0.2) is 0 Å². The van der Waals surface area contributed by atoms with Crippen LogP contribution in [-0.2, 0) is 6.54 Å². The van der Waals surface area contributed by atoms with Crippen molar-refractivity contribution in [1.82, 2.24) is 5.32 Å². The fraction of sp³-hybridized carbons (Fsp3) is 0.333. The average Bonchev–Trinajstić information content (AvgIpc) is 2.24. The van der Waals surface area contributed by atoms with Gasteiger partial charge in [-0.05, 0) is 25.5 Å². The van der Waals surface area contributed by atoms with Crippen LogP contribution in [0.5, 0.6) is 0 Å². The van der Waals surface area contributed by atoms with Crippen molar-refractivity contribution in [2.45, 2.75) is 25.9 Å². The highest BCUT2D eigenvalue weighted by atomic mass is 35.5. The fourth-order valence-corrected chi connectivity index (χ4v) is 2.02. The van der Waals surface area contributed by atoms with Gasteiger partial charge in [-0.2, -0.15) is 0 Å². The maximum Gasteiger partial charge on any atom is 0.0652 e. The zero-order valence-corrected chi connectivity index (χ0v) is 11.3. The molecule has 1 rings (SSSR count). The summed E-state index contributed by atoms with van der Waals surface area (Å²) >= 11 is 18.1. The molecule has 0 aliphatic heterocycles. The first-order valence-corrected chi connectivity index (χ1v) is 6.16. The first kappa shape index (κ1) is 13.9. The summed E-state index contributed by atoms with van der Waals surface area (Å²) in [4.78, 5) is 0. The van der Waals surface area contributed by atoms with Crippen LogP contribution in [0.25, 0.3) is 0 Å². The van der Waals surface area contributed by atoms with Crippen molar-refractivity contribution >= 4 is 34.8 Å². The van der Waals surface area contributed by atoms with Gasteiger partial charge in [0, 0.05) is 23.2 Å². The molecule has 16 heavy (non-hydrogen) atoms. The Balaban J connectivity index is 2.73. The molecule has 0 saturated heterocycles. The van der Waals surface area contributed by atoms with Crippen LogP contribution in [0.4, 0.5) is 0 Å². The zero-order chi connectivity index (χ0) is 12.1. The lowest BCUT2D eigenvalue weighted by Crippen LogP contribution is -2.25. The molecule has 0 bridgehead atoms. The van der Waals surface area contributed by atoms with E-state index >= 15 is 0 Å². The normalized spacial score (nSPS) is 12.5. The molecule has 1 atom stereocenters. The van der Waals surface area contributed by atoms with E-state index in [1.807, 2.05) is 6.08 Å². The minimum absolute atomic E-state index is 0.337. The average molecular weight is 279 g/mol. The zero-order valence-electron chi connectivity index (χ0n) is 9.06. The SMILES string of the molecule is C=CCC(C)NCc1c(Cl)ccc(Cl)c1Cl. The molecule has 1 aromatic carbocycles. The molecule has 0 spiro atoms. The second kappa shape index (κ2) is 6.51. The van der Waals surface area contributed by atoms with Crippen LogP contribution in [0, 0.1) is 0 Å². The monoisotopic (exact) mass is 277 g/mol. The molecule has 0 radical (unpaired) electrons. The van der Waals surface area contributed by atoms with Gasteiger partial charge in [0.05, 0.1) is 10.0 Å². The molecule has 0 saturated carbocycles. The molecular formula is C12H14Cl3N. The number of rotatable bonds is 5. The third-order valence-corrected chi connectivity index (χ3v) is 3.48. The molecule has 0 aliphatic rings. The van der Waals surface area contributed by atoms with Crippen molar-refractivity contribution in [3.8, 4) is 0 Å². The van der Waals surface area contributed by atoms with Gasteiger partial charge < -0.3 is 5.32 Å². The van der Waals surface area contributed by atoms with E-state index in [0.717, 1.165) is 12.0 Å². The highest BCUT2D eigenvalue weighted by molar-refractivity contribution is 6.44. The van der Waals surface area contributed by atoms with E-state index in [-0.39, 0.29) is 0 Å². The molecule has 0 amide bonds. The molecule has 4 heteroatoms. The first-order valence-electron chi connectivity index (χ1n) is 5.03. The second-order valence-electron chi connectivity index (χ2n) is 3.63. The maximum absolute atomic E-state index is 6.08. The number of hydrogen-bond donors (Lipinski definition) is 1. The van der Waals surface area contributed by atoms with Gasteiger partial charge in [-0.1, -0.05) is 40.9 Å². The van der Waals surface area contributed by atoms with Crippen LogP contribution >= 0.6 is 34.8 Å². The Morgan fingerprint density at radius 2 is 1.94 bits per heavy atom. The maximum atomic E-state index is 6.08. The Morgan fingerprint density at radius 3 is 2.56 bits per heavy atom. The minimum atomic E-state index is 0.337. The van der Waals surface area contributed by atoms with Gasteiger partial charge in [0.1, 0.15) is 0 Å². The lowest BCUT2D eigenvalue weighted by atomic mass is 10.2. The number of hydrogen-bond acceptors (Lipinski definition) is 1. The number of nitrogens with one attached hydrogen (secondary N) is 1. The van der Waals surface area contributed by atoms with E-state index in [4.69, 9.17) is 34.8 Å². The quantitative estimate of drug-likeness (QED) is 0.608. The molecule has 1 nitrogen and oxygen atoms in total. The lowest BCUT2D eigenvalue weighted by molar-refractivity contribution is 0.554. The van der Waals surface area contributed by atoms with Crippen molar-refractivity contribution in [1.29, 1.82) is 0 Å². The van der Waals surface area contributed by atoms with E-state index < -0.39 is 0 Å². The van der Waals surface area contributed by atoms with Crippen molar-refractivity contribution in [3.63, 3.8) is 0 Å². The van der Waals surface area contributed by atoms with Crippen molar-refractivity contribution < 1.29 is 0 Å². The van der Waals surface area contributed by atoms with E-state index in [0.29, 0.717) is 27.7 Å². The summed E-state index contributed by atoms with van der Waals surface area (Å²) in [5.41, 5.74) is 0.840. The molecule has 88 valence electrons. The van der Waals surface area contributed by atoms with Crippen molar-refractivity contribution in [2.75, 3.05) is 0 Å². The molecule has 1 aromatic rings. The largest absolute Gasteiger partial charge is 0.310 e. The molecule has 1 unspecified atom stereocenters. The van der Waals surface area contributed by atoms with Gasteiger partial charge in [0.2, 0.25) is 0 Å². The van der Waals surface area contributed by atoms with Crippen molar-refractivity contribution in [2.24, 2.45) is 0 Å². The highest BCUT2D eigenvalue weighted by Crippen LogP contribution is 2.31. The second-order valence-corrected chi connectivity index (χ2v) is 4.82. The molecule has 0 heterocycles. The van der Waals surface area contributed by atoms with Gasteiger partial charge >= 0.3 is 0 Å². The van der Waals surface area contributed by atoms with E-state index in [2.05, 4.69) is 18.8 Å². The summed E-state index contributed by atoms with van der Waals surface area (Å²) in [7, 11) is 0. The van der Waals surface area contributed by atoms with Crippen LogP contribution < -0.4 is 5.32 Å². The molecule has 0 fully saturated rings. The molecule has 0 aliphatic carbocycles.